The summed E-state index contributed by atoms with van der Waals surface area (Å²) in [5.41, 5.74) is 3.63. The van der Waals surface area contributed by atoms with E-state index in [-0.39, 0.29) is 24.0 Å². The topological polar surface area (TPSA) is 112 Å². The molecule has 7 nitrogen and oxygen atoms in total. The van der Waals surface area contributed by atoms with E-state index >= 15 is 0 Å². The Balaban J connectivity index is 1.41. The third-order valence-corrected chi connectivity index (χ3v) is 7.25. The van der Waals surface area contributed by atoms with E-state index in [1.54, 1.807) is 12.3 Å². The Labute approximate surface area is 194 Å². The van der Waals surface area contributed by atoms with Crippen LogP contribution in [0, 0.1) is 5.92 Å². The van der Waals surface area contributed by atoms with Gasteiger partial charge in [0.15, 0.2) is 0 Å². The molecule has 1 saturated carbocycles. The molecule has 174 valence electrons. The number of halogens is 1. The van der Waals surface area contributed by atoms with Crippen LogP contribution in [0.5, 0.6) is 5.75 Å². The minimum absolute atomic E-state index is 0.0626. The molecule has 0 bridgehead atoms. The zero-order valence-electron chi connectivity index (χ0n) is 18.2. The van der Waals surface area contributed by atoms with Crippen LogP contribution in [0.15, 0.2) is 36.5 Å². The number of aliphatic hydroxyl groups excluding tert-OH is 1. The molecule has 4 rings (SSSR count). The van der Waals surface area contributed by atoms with Crippen LogP contribution in [-0.2, 0) is 26.3 Å². The van der Waals surface area contributed by atoms with Crippen LogP contribution in [0.4, 0.5) is 0 Å². The zero-order chi connectivity index (χ0) is 23.1. The van der Waals surface area contributed by atoms with E-state index in [4.69, 9.17) is 21.5 Å². The highest BCUT2D eigenvalue weighted by Gasteiger charge is 2.37. The predicted octanol–water partition coefficient (Wildman–Crippen LogP) is 3.48. The van der Waals surface area contributed by atoms with Crippen molar-refractivity contribution in [3.8, 4) is 5.75 Å². The van der Waals surface area contributed by atoms with Gasteiger partial charge in [-0.2, -0.15) is 8.42 Å². The highest BCUT2D eigenvalue weighted by Crippen LogP contribution is 2.47. The van der Waals surface area contributed by atoms with Crippen LogP contribution in [0.1, 0.15) is 55.8 Å². The van der Waals surface area contributed by atoms with Crippen LogP contribution < -0.4 is 9.88 Å². The van der Waals surface area contributed by atoms with Gasteiger partial charge in [-0.3, -0.25) is 9.17 Å². The summed E-state index contributed by atoms with van der Waals surface area (Å²) in [6, 6.07) is 9.90. The first-order valence-electron chi connectivity index (χ1n) is 10.8. The van der Waals surface area contributed by atoms with Gasteiger partial charge in [0.1, 0.15) is 11.9 Å². The molecule has 1 fully saturated rings. The summed E-state index contributed by atoms with van der Waals surface area (Å²) in [5.74, 6) is 0.700. The molecule has 9 heteroatoms. The molecule has 1 aromatic carbocycles. The van der Waals surface area contributed by atoms with Crippen LogP contribution >= 0.6 is 11.6 Å². The number of aliphatic hydroxyl groups is 1. The molecular weight excluding hydrogens is 452 g/mol. The molecule has 2 aliphatic rings. The molecule has 1 heterocycles. The van der Waals surface area contributed by atoms with Gasteiger partial charge in [-0.05, 0) is 59.9 Å². The monoisotopic (exact) mass is 480 g/mol. The lowest BCUT2D eigenvalue weighted by Gasteiger charge is -2.19. The number of rotatable bonds is 7. The Kier molecular flexibility index (Phi) is 6.53. The van der Waals surface area contributed by atoms with Gasteiger partial charge in [-0.25, -0.2) is 5.14 Å². The van der Waals surface area contributed by atoms with Crippen molar-refractivity contribution >= 4 is 21.9 Å². The Bertz CT molecular complexity index is 1090. The summed E-state index contributed by atoms with van der Waals surface area (Å²) in [6.07, 6.45) is 3.51. The fourth-order valence-corrected chi connectivity index (χ4v) is 5.62. The van der Waals surface area contributed by atoms with Gasteiger partial charge in [0, 0.05) is 35.3 Å². The smallest absolute Gasteiger partial charge is 0.333 e. The van der Waals surface area contributed by atoms with Crippen molar-refractivity contribution in [2.75, 3.05) is 6.61 Å². The third-order valence-electron chi connectivity index (χ3n) is 6.55. The van der Waals surface area contributed by atoms with Crippen LogP contribution in [0.25, 0.3) is 0 Å². The number of hydrogen-bond acceptors (Lipinski definition) is 6. The van der Waals surface area contributed by atoms with Crippen LogP contribution in [0.2, 0.25) is 5.02 Å². The van der Waals surface area contributed by atoms with Gasteiger partial charge in [0.2, 0.25) is 0 Å². The molecule has 0 amide bonds. The lowest BCUT2D eigenvalue weighted by atomic mass is 9.85. The maximum absolute atomic E-state index is 11.0. The zero-order valence-corrected chi connectivity index (χ0v) is 19.8. The fraction of sp³-hybridized carbons (Fsp3) is 0.522. The summed E-state index contributed by atoms with van der Waals surface area (Å²) < 4.78 is 32.7. The largest absolute Gasteiger partial charge is 0.490 e. The molecule has 1 aromatic heterocycles. The summed E-state index contributed by atoms with van der Waals surface area (Å²) in [5, 5.41) is 15.9. The Morgan fingerprint density at radius 3 is 2.78 bits per heavy atom. The molecule has 3 N–H and O–H groups in total. The number of fused-ring (bicyclic) bond motifs is 1. The maximum atomic E-state index is 11.0. The van der Waals surface area contributed by atoms with Crippen molar-refractivity contribution in [2.24, 2.45) is 11.1 Å². The van der Waals surface area contributed by atoms with Crippen molar-refractivity contribution in [3.05, 3.63) is 58.4 Å². The molecule has 0 radical (unpaired) electrons. The first kappa shape index (κ1) is 23.4. The first-order valence-corrected chi connectivity index (χ1v) is 12.6. The molecule has 0 saturated heterocycles. The molecular formula is C23H29ClN2O5S. The van der Waals surface area contributed by atoms with E-state index < -0.39 is 16.4 Å². The minimum atomic E-state index is -4.03. The van der Waals surface area contributed by atoms with Gasteiger partial charge in [0.05, 0.1) is 12.7 Å². The van der Waals surface area contributed by atoms with Gasteiger partial charge in [-0.15, -0.1) is 0 Å². The average Bonchev–Trinajstić information content (AvgIpc) is 3.16. The van der Waals surface area contributed by atoms with Crippen molar-refractivity contribution < 1.29 is 22.4 Å². The summed E-state index contributed by atoms with van der Waals surface area (Å²) in [7, 11) is -4.03. The van der Waals surface area contributed by atoms with E-state index in [0.717, 1.165) is 23.6 Å². The number of nitrogens with zero attached hydrogens (tertiary/aromatic N) is 1. The molecule has 32 heavy (non-hydrogen) atoms. The van der Waals surface area contributed by atoms with Gasteiger partial charge >= 0.3 is 10.3 Å². The lowest BCUT2D eigenvalue weighted by molar-refractivity contribution is 0.0987. The summed E-state index contributed by atoms with van der Waals surface area (Å²) in [6.45, 7) is 4.34. The number of aromatic nitrogens is 1. The molecule has 0 aliphatic heterocycles. The third kappa shape index (κ3) is 5.43. The highest BCUT2D eigenvalue weighted by atomic mass is 35.5. The highest BCUT2D eigenvalue weighted by molar-refractivity contribution is 7.84. The molecule has 2 aliphatic carbocycles. The van der Waals surface area contributed by atoms with Crippen LogP contribution in [0.3, 0.4) is 0 Å². The Hall–Kier alpha value is -1.71. The first-order chi connectivity index (χ1) is 15.0. The lowest BCUT2D eigenvalue weighted by Crippen LogP contribution is -2.24. The van der Waals surface area contributed by atoms with Gasteiger partial charge < -0.3 is 9.84 Å². The van der Waals surface area contributed by atoms with Crippen LogP contribution in [-0.4, -0.2) is 37.3 Å². The summed E-state index contributed by atoms with van der Waals surface area (Å²) in [4.78, 5) is 4.55. The standard InChI is InChI=1S/C23H29ClN2O5S/c1-23(2)12-14(20-4-3-16(24)9-21(20)23)7-17-10-18(5-6-26-17)31-19-8-15(22(27)11-19)13-30-32(25,28)29/h3-6,9-10,14-15,19,22,27H,7-8,11-13H2,1-2H3,(H2,25,28,29)/t14-,15-,19+,22-/m0/s1. The van der Waals surface area contributed by atoms with E-state index in [1.807, 2.05) is 12.1 Å². The molecule has 0 unspecified atom stereocenters. The SMILES string of the molecule is CC1(C)C[C@H](Cc2cc(O[C@@H]3C[C@@H](COS(N)(=O)=O)[C@@H](O)C3)ccn2)c2ccc(Cl)cc21. The normalized spacial score (nSPS) is 26.8. The number of benzene rings is 1. The Morgan fingerprint density at radius 1 is 1.25 bits per heavy atom. The molecule has 2 aromatic rings. The maximum Gasteiger partial charge on any atom is 0.333 e. The second kappa shape index (κ2) is 8.91. The average molecular weight is 481 g/mol. The summed E-state index contributed by atoms with van der Waals surface area (Å²) >= 11 is 6.23. The second-order valence-electron chi connectivity index (χ2n) is 9.52. The van der Waals surface area contributed by atoms with E-state index in [2.05, 4.69) is 35.1 Å². The van der Waals surface area contributed by atoms with Crippen molar-refractivity contribution in [1.82, 2.24) is 4.98 Å². The van der Waals surface area contributed by atoms with Gasteiger partial charge in [0.25, 0.3) is 0 Å². The van der Waals surface area contributed by atoms with Gasteiger partial charge in [-0.1, -0.05) is 31.5 Å². The fourth-order valence-electron chi connectivity index (χ4n) is 5.08. The van der Waals surface area contributed by atoms with E-state index in [0.29, 0.717) is 24.5 Å². The van der Waals surface area contributed by atoms with E-state index in [1.165, 1.54) is 11.1 Å². The predicted molar refractivity (Wildman–Crippen MR) is 122 cm³/mol. The number of pyridine rings is 1. The van der Waals surface area contributed by atoms with Crippen molar-refractivity contribution in [3.63, 3.8) is 0 Å². The second-order valence-corrected chi connectivity index (χ2v) is 11.2. The number of hydrogen-bond donors (Lipinski definition) is 2. The number of nitrogens with two attached hydrogens (primary N) is 1. The number of ether oxygens (including phenoxy) is 1. The van der Waals surface area contributed by atoms with E-state index in [9.17, 15) is 13.5 Å². The minimum Gasteiger partial charge on any atom is -0.490 e. The van der Waals surface area contributed by atoms with Crippen molar-refractivity contribution in [2.45, 2.75) is 63.1 Å². The van der Waals surface area contributed by atoms with Crippen molar-refractivity contribution in [1.29, 1.82) is 0 Å². The molecule has 0 spiro atoms. The Morgan fingerprint density at radius 2 is 2.03 bits per heavy atom. The quantitative estimate of drug-likeness (QED) is 0.627. The molecule has 4 atom stereocenters.